The van der Waals surface area contributed by atoms with Crippen LogP contribution in [0.25, 0.3) is 22.1 Å². The summed E-state index contributed by atoms with van der Waals surface area (Å²) in [7, 11) is 0. The quantitative estimate of drug-likeness (QED) is 0.547. The first-order valence-corrected chi connectivity index (χ1v) is 7.69. The fraction of sp³-hybridized carbons (Fsp3) is 0.0526. The van der Waals surface area contributed by atoms with Gasteiger partial charge >= 0.3 is 0 Å². The second kappa shape index (κ2) is 6.26. The lowest BCUT2D eigenvalue weighted by Gasteiger charge is -2.10. The maximum Gasteiger partial charge on any atom is 0.230 e. The molecule has 4 rings (SSSR count). The number of fused-ring (bicyclic) bond motifs is 1. The molecular formula is C19H11FN4O2. The number of ether oxygens (including phenoxy) is 1. The van der Waals surface area contributed by atoms with Crippen LogP contribution in [0.3, 0.4) is 0 Å². The zero-order valence-corrected chi connectivity index (χ0v) is 13.6. The number of aromatic nitrogens is 3. The number of rotatable bonds is 3. The zero-order valence-electron chi connectivity index (χ0n) is 13.6. The van der Waals surface area contributed by atoms with E-state index in [1.165, 1.54) is 24.7 Å². The van der Waals surface area contributed by atoms with Crippen LogP contribution < -0.4 is 4.74 Å². The summed E-state index contributed by atoms with van der Waals surface area (Å²) >= 11 is 0. The molecule has 26 heavy (non-hydrogen) atoms. The third-order valence-electron chi connectivity index (χ3n) is 3.91. The molecule has 3 aromatic heterocycles. The number of pyridine rings is 1. The van der Waals surface area contributed by atoms with E-state index in [0.29, 0.717) is 28.1 Å². The second-order valence-corrected chi connectivity index (χ2v) is 5.49. The smallest absolute Gasteiger partial charge is 0.230 e. The Morgan fingerprint density at radius 3 is 2.85 bits per heavy atom. The fourth-order valence-electron chi connectivity index (χ4n) is 2.70. The number of nitriles is 1. The van der Waals surface area contributed by atoms with Gasteiger partial charge in [-0.05, 0) is 31.2 Å². The van der Waals surface area contributed by atoms with E-state index in [4.69, 9.17) is 9.15 Å². The first-order valence-electron chi connectivity index (χ1n) is 7.69. The van der Waals surface area contributed by atoms with Crippen molar-refractivity contribution in [1.29, 1.82) is 5.26 Å². The van der Waals surface area contributed by atoms with Crippen molar-refractivity contribution in [3.8, 4) is 28.8 Å². The van der Waals surface area contributed by atoms with E-state index < -0.39 is 5.82 Å². The molecule has 0 aliphatic heterocycles. The number of halogens is 1. The molecule has 6 nitrogen and oxygen atoms in total. The first kappa shape index (κ1) is 15.7. The minimum Gasteiger partial charge on any atom is -0.464 e. The first-order chi connectivity index (χ1) is 12.7. The van der Waals surface area contributed by atoms with Crippen molar-refractivity contribution >= 4 is 11.0 Å². The van der Waals surface area contributed by atoms with Gasteiger partial charge in [0.2, 0.25) is 5.88 Å². The Kier molecular flexibility index (Phi) is 3.78. The third-order valence-corrected chi connectivity index (χ3v) is 3.91. The second-order valence-electron chi connectivity index (χ2n) is 5.49. The summed E-state index contributed by atoms with van der Waals surface area (Å²) in [4.78, 5) is 12.1. The van der Waals surface area contributed by atoms with E-state index >= 15 is 0 Å². The zero-order chi connectivity index (χ0) is 18.1. The van der Waals surface area contributed by atoms with Crippen molar-refractivity contribution in [2.45, 2.75) is 6.92 Å². The van der Waals surface area contributed by atoms with Gasteiger partial charge in [0, 0.05) is 29.1 Å². The van der Waals surface area contributed by atoms with Crippen LogP contribution in [-0.4, -0.2) is 15.0 Å². The largest absolute Gasteiger partial charge is 0.464 e. The van der Waals surface area contributed by atoms with Crippen LogP contribution in [0.2, 0.25) is 0 Å². The van der Waals surface area contributed by atoms with Crippen LogP contribution in [-0.2, 0) is 0 Å². The molecule has 126 valence electrons. The molecule has 0 amide bonds. The van der Waals surface area contributed by atoms with Crippen LogP contribution >= 0.6 is 0 Å². The van der Waals surface area contributed by atoms with Gasteiger partial charge in [0.25, 0.3) is 0 Å². The highest BCUT2D eigenvalue weighted by Crippen LogP contribution is 2.33. The Balaban J connectivity index is 1.74. The SMILES string of the molecule is Cc1ncnc(C#N)c1-c1ccc(Oc2nccc3occc23)cc1F. The van der Waals surface area contributed by atoms with E-state index in [1.807, 2.05) is 6.07 Å². The van der Waals surface area contributed by atoms with Crippen molar-refractivity contribution in [1.82, 2.24) is 15.0 Å². The normalized spacial score (nSPS) is 10.7. The average molecular weight is 346 g/mol. The topological polar surface area (TPSA) is 84.8 Å². The summed E-state index contributed by atoms with van der Waals surface area (Å²) in [6.45, 7) is 1.70. The van der Waals surface area contributed by atoms with Crippen molar-refractivity contribution in [3.05, 3.63) is 66.3 Å². The van der Waals surface area contributed by atoms with E-state index in [-0.39, 0.29) is 17.0 Å². The summed E-state index contributed by atoms with van der Waals surface area (Å²) in [6.07, 6.45) is 4.37. The lowest BCUT2D eigenvalue weighted by atomic mass is 10.0. The maximum absolute atomic E-state index is 14.7. The Labute approximate surface area is 147 Å². The van der Waals surface area contributed by atoms with Crippen molar-refractivity contribution < 1.29 is 13.5 Å². The number of hydrogen-bond acceptors (Lipinski definition) is 6. The Bertz CT molecular complexity index is 1160. The molecule has 0 bridgehead atoms. The van der Waals surface area contributed by atoms with Crippen LogP contribution in [0.1, 0.15) is 11.4 Å². The maximum atomic E-state index is 14.7. The summed E-state index contributed by atoms with van der Waals surface area (Å²) in [6, 6.07) is 9.79. The Hall–Kier alpha value is -3.79. The number of furan rings is 1. The highest BCUT2D eigenvalue weighted by molar-refractivity contribution is 5.82. The van der Waals surface area contributed by atoms with Crippen LogP contribution in [0, 0.1) is 24.1 Å². The molecule has 0 fully saturated rings. The van der Waals surface area contributed by atoms with Gasteiger partial charge < -0.3 is 9.15 Å². The lowest BCUT2D eigenvalue weighted by molar-refractivity contribution is 0.464. The molecule has 0 aliphatic carbocycles. The Morgan fingerprint density at radius 1 is 1.15 bits per heavy atom. The van der Waals surface area contributed by atoms with Gasteiger partial charge in [0.1, 0.15) is 29.5 Å². The predicted molar refractivity (Wildman–Crippen MR) is 91.0 cm³/mol. The molecule has 0 saturated heterocycles. The molecular weight excluding hydrogens is 335 g/mol. The van der Waals surface area contributed by atoms with Crippen LogP contribution in [0.4, 0.5) is 4.39 Å². The summed E-state index contributed by atoms with van der Waals surface area (Å²) in [5.41, 5.74) is 1.88. The molecule has 0 spiro atoms. The average Bonchev–Trinajstić information content (AvgIpc) is 3.12. The van der Waals surface area contributed by atoms with Crippen molar-refractivity contribution in [3.63, 3.8) is 0 Å². The van der Waals surface area contributed by atoms with Crippen molar-refractivity contribution in [2.75, 3.05) is 0 Å². The molecule has 0 unspecified atom stereocenters. The van der Waals surface area contributed by atoms with Gasteiger partial charge in [-0.2, -0.15) is 5.26 Å². The van der Waals surface area contributed by atoms with E-state index in [1.54, 1.807) is 31.3 Å². The highest BCUT2D eigenvalue weighted by atomic mass is 19.1. The molecule has 1 aromatic carbocycles. The van der Waals surface area contributed by atoms with Gasteiger partial charge in [-0.1, -0.05) is 0 Å². The van der Waals surface area contributed by atoms with Crippen LogP contribution in [0.5, 0.6) is 11.6 Å². The number of aryl methyl sites for hydroxylation is 1. The van der Waals surface area contributed by atoms with E-state index in [9.17, 15) is 9.65 Å². The molecule has 4 aromatic rings. The number of benzene rings is 1. The summed E-state index contributed by atoms with van der Waals surface area (Å²) in [5, 5.41) is 9.91. The summed E-state index contributed by atoms with van der Waals surface area (Å²) < 4.78 is 25.7. The molecule has 3 heterocycles. The van der Waals surface area contributed by atoms with Gasteiger partial charge in [-0.25, -0.2) is 19.3 Å². The molecule has 7 heteroatoms. The number of hydrogen-bond donors (Lipinski definition) is 0. The minimum atomic E-state index is -0.545. The number of nitrogens with zero attached hydrogens (tertiary/aromatic N) is 4. The molecule has 0 atom stereocenters. The van der Waals surface area contributed by atoms with Crippen molar-refractivity contribution in [2.24, 2.45) is 0 Å². The molecule has 0 radical (unpaired) electrons. The Morgan fingerprint density at radius 2 is 2.04 bits per heavy atom. The van der Waals surface area contributed by atoms with Gasteiger partial charge in [0.05, 0.1) is 11.6 Å². The van der Waals surface area contributed by atoms with E-state index in [0.717, 1.165) is 0 Å². The fourth-order valence-corrected chi connectivity index (χ4v) is 2.70. The molecule has 0 N–H and O–H groups in total. The molecule has 0 aliphatic rings. The molecule has 0 saturated carbocycles. The monoisotopic (exact) mass is 346 g/mol. The minimum absolute atomic E-state index is 0.120. The van der Waals surface area contributed by atoms with Gasteiger partial charge in [-0.3, -0.25) is 0 Å². The standard InChI is InChI=1S/C19H11FN4O2/c1-11-18(16(9-21)24-10-23-11)13-3-2-12(8-15(13)20)26-19-14-5-7-25-17(14)4-6-22-19/h2-8,10H,1H3. The van der Waals surface area contributed by atoms with Gasteiger partial charge in [0.15, 0.2) is 5.69 Å². The van der Waals surface area contributed by atoms with E-state index in [2.05, 4.69) is 15.0 Å². The van der Waals surface area contributed by atoms with Crippen LogP contribution in [0.15, 0.2) is 53.5 Å². The summed E-state index contributed by atoms with van der Waals surface area (Å²) in [5.74, 6) is 0.0528. The van der Waals surface area contributed by atoms with Gasteiger partial charge in [-0.15, -0.1) is 0 Å². The highest BCUT2D eigenvalue weighted by Gasteiger charge is 2.16. The lowest BCUT2D eigenvalue weighted by Crippen LogP contribution is -1.98. The third kappa shape index (κ3) is 2.63. The predicted octanol–water partition coefficient (Wildman–Crippen LogP) is 4.40.